The molecular formula is C14H20N2O. The number of anilines is 1. The molecule has 0 heterocycles. The number of benzene rings is 1. The fraction of sp³-hybridized carbons (Fsp3) is 0.500. The molecule has 0 aliphatic rings. The zero-order valence-corrected chi connectivity index (χ0v) is 10.6. The highest BCUT2D eigenvalue weighted by Crippen LogP contribution is 2.19. The Morgan fingerprint density at radius 3 is 2.88 bits per heavy atom. The highest BCUT2D eigenvalue weighted by atomic mass is 16.5. The van der Waals surface area contributed by atoms with E-state index in [1.165, 1.54) is 12.8 Å². The summed E-state index contributed by atoms with van der Waals surface area (Å²) in [4.78, 5) is 0. The number of hydrogen-bond donors (Lipinski definition) is 1. The fourth-order valence-corrected chi connectivity index (χ4v) is 1.75. The number of nitrogens with zero attached hydrogens (tertiary/aromatic N) is 1. The van der Waals surface area contributed by atoms with Gasteiger partial charge in [-0.1, -0.05) is 26.3 Å². The number of ether oxygens (including phenoxy) is 1. The van der Waals surface area contributed by atoms with Gasteiger partial charge in [0, 0.05) is 17.8 Å². The van der Waals surface area contributed by atoms with Crippen LogP contribution in [0.5, 0.6) is 5.75 Å². The molecule has 0 aromatic heterocycles. The van der Waals surface area contributed by atoms with Crippen molar-refractivity contribution in [3.63, 3.8) is 0 Å². The molecule has 0 aliphatic heterocycles. The van der Waals surface area contributed by atoms with Crippen LogP contribution >= 0.6 is 0 Å². The van der Waals surface area contributed by atoms with Crippen molar-refractivity contribution in [2.75, 3.05) is 11.9 Å². The molecule has 1 N–H and O–H groups in total. The van der Waals surface area contributed by atoms with Crippen molar-refractivity contribution in [2.45, 2.75) is 39.2 Å². The minimum atomic E-state index is 0.0929. The maximum atomic E-state index is 8.46. The predicted molar refractivity (Wildman–Crippen MR) is 70.2 cm³/mol. The molecule has 0 saturated heterocycles. The Morgan fingerprint density at radius 2 is 2.24 bits per heavy atom. The zero-order valence-electron chi connectivity index (χ0n) is 10.6. The second-order valence-corrected chi connectivity index (χ2v) is 4.01. The van der Waals surface area contributed by atoms with E-state index in [1.54, 1.807) is 0 Å². The van der Waals surface area contributed by atoms with Crippen molar-refractivity contribution in [1.82, 2.24) is 0 Å². The molecule has 0 fully saturated rings. The maximum absolute atomic E-state index is 8.46. The van der Waals surface area contributed by atoms with Gasteiger partial charge in [-0.3, -0.25) is 0 Å². The smallest absolute Gasteiger partial charge is 0.174 e. The molecule has 92 valence electrons. The topological polar surface area (TPSA) is 45.0 Å². The van der Waals surface area contributed by atoms with Gasteiger partial charge in [-0.2, -0.15) is 5.26 Å². The summed E-state index contributed by atoms with van der Waals surface area (Å²) in [7, 11) is 0. The highest BCUT2D eigenvalue weighted by molar-refractivity contribution is 5.48. The van der Waals surface area contributed by atoms with Crippen molar-refractivity contribution in [3.05, 3.63) is 24.3 Å². The summed E-state index contributed by atoms with van der Waals surface area (Å²) in [5.74, 6) is 0.739. The molecule has 0 amide bonds. The second kappa shape index (κ2) is 7.56. The summed E-state index contributed by atoms with van der Waals surface area (Å²) in [6, 6.07) is 10.2. The molecule has 0 saturated carbocycles. The Hall–Kier alpha value is -1.69. The average Bonchev–Trinajstić information content (AvgIpc) is 2.36. The summed E-state index contributed by atoms with van der Waals surface area (Å²) in [5.41, 5.74) is 1.06. The van der Waals surface area contributed by atoms with Crippen LogP contribution in [0, 0.1) is 11.3 Å². The van der Waals surface area contributed by atoms with Crippen molar-refractivity contribution in [3.8, 4) is 11.8 Å². The lowest BCUT2D eigenvalue weighted by atomic mass is 10.1. The number of rotatable bonds is 7. The molecule has 0 radical (unpaired) electrons. The third-order valence-corrected chi connectivity index (χ3v) is 2.64. The van der Waals surface area contributed by atoms with E-state index in [0.717, 1.165) is 17.9 Å². The molecule has 1 rings (SSSR count). The lowest BCUT2D eigenvalue weighted by Crippen LogP contribution is -2.17. The first-order chi connectivity index (χ1) is 8.30. The first kappa shape index (κ1) is 13.4. The molecule has 3 heteroatoms. The lowest BCUT2D eigenvalue weighted by molar-refractivity contribution is 0.368. The molecule has 1 aromatic rings. The van der Waals surface area contributed by atoms with Crippen LogP contribution in [0.4, 0.5) is 5.69 Å². The van der Waals surface area contributed by atoms with Gasteiger partial charge in [0.25, 0.3) is 0 Å². The summed E-state index contributed by atoms with van der Waals surface area (Å²) in [6.07, 6.45) is 3.45. The monoisotopic (exact) mass is 232 g/mol. The van der Waals surface area contributed by atoms with E-state index in [-0.39, 0.29) is 6.61 Å². The number of nitrogens with one attached hydrogen (secondary N) is 1. The number of nitriles is 1. The van der Waals surface area contributed by atoms with Gasteiger partial charge >= 0.3 is 0 Å². The minimum absolute atomic E-state index is 0.0929. The quantitative estimate of drug-likeness (QED) is 0.781. The van der Waals surface area contributed by atoms with E-state index in [2.05, 4.69) is 19.2 Å². The van der Waals surface area contributed by atoms with Crippen molar-refractivity contribution in [2.24, 2.45) is 0 Å². The Labute approximate surface area is 103 Å². The van der Waals surface area contributed by atoms with Gasteiger partial charge in [-0.15, -0.1) is 0 Å². The van der Waals surface area contributed by atoms with Gasteiger partial charge in [0.2, 0.25) is 0 Å². The van der Waals surface area contributed by atoms with Crippen LogP contribution in [-0.4, -0.2) is 12.6 Å². The van der Waals surface area contributed by atoms with E-state index in [4.69, 9.17) is 10.00 Å². The summed E-state index contributed by atoms with van der Waals surface area (Å²) in [6.45, 7) is 4.47. The normalized spacial score (nSPS) is 11.6. The van der Waals surface area contributed by atoms with Gasteiger partial charge in [-0.05, 0) is 25.0 Å². The first-order valence-corrected chi connectivity index (χ1v) is 6.16. The Kier molecular flexibility index (Phi) is 5.95. The van der Waals surface area contributed by atoms with Crippen LogP contribution in [0.25, 0.3) is 0 Å². The van der Waals surface area contributed by atoms with Gasteiger partial charge in [0.1, 0.15) is 11.8 Å². The summed E-state index contributed by atoms with van der Waals surface area (Å²) in [5, 5.41) is 11.9. The summed E-state index contributed by atoms with van der Waals surface area (Å²) < 4.78 is 5.27. The largest absolute Gasteiger partial charge is 0.479 e. The van der Waals surface area contributed by atoms with Crippen LogP contribution in [0.2, 0.25) is 0 Å². The van der Waals surface area contributed by atoms with Crippen LogP contribution in [0.15, 0.2) is 24.3 Å². The van der Waals surface area contributed by atoms with E-state index >= 15 is 0 Å². The molecule has 1 aromatic carbocycles. The fourth-order valence-electron chi connectivity index (χ4n) is 1.75. The Balaban J connectivity index is 2.61. The van der Waals surface area contributed by atoms with E-state index in [0.29, 0.717) is 6.04 Å². The van der Waals surface area contributed by atoms with Crippen molar-refractivity contribution >= 4 is 5.69 Å². The minimum Gasteiger partial charge on any atom is -0.479 e. The molecule has 0 spiro atoms. The van der Waals surface area contributed by atoms with Gasteiger partial charge in [0.05, 0.1) is 0 Å². The van der Waals surface area contributed by atoms with Gasteiger partial charge in [0.15, 0.2) is 6.61 Å². The van der Waals surface area contributed by atoms with Crippen LogP contribution in [0.3, 0.4) is 0 Å². The van der Waals surface area contributed by atoms with Gasteiger partial charge < -0.3 is 10.1 Å². The van der Waals surface area contributed by atoms with Crippen LogP contribution < -0.4 is 10.1 Å². The standard InChI is InChI=1S/C14H20N2O/c1-3-6-12(4-2)16-13-7-5-8-14(11-13)17-10-9-15/h5,7-8,11-12,16H,3-4,6,10H2,1-2H3. The third kappa shape index (κ3) is 4.78. The van der Waals surface area contributed by atoms with Crippen LogP contribution in [-0.2, 0) is 0 Å². The predicted octanol–water partition coefficient (Wildman–Crippen LogP) is 3.58. The van der Waals surface area contributed by atoms with E-state index in [1.807, 2.05) is 30.3 Å². The zero-order chi connectivity index (χ0) is 12.5. The van der Waals surface area contributed by atoms with E-state index < -0.39 is 0 Å². The Bertz CT molecular complexity index is 371. The van der Waals surface area contributed by atoms with Crippen molar-refractivity contribution in [1.29, 1.82) is 5.26 Å². The van der Waals surface area contributed by atoms with Gasteiger partial charge in [-0.25, -0.2) is 0 Å². The molecule has 1 unspecified atom stereocenters. The third-order valence-electron chi connectivity index (χ3n) is 2.64. The Morgan fingerprint density at radius 1 is 1.41 bits per heavy atom. The molecule has 17 heavy (non-hydrogen) atoms. The molecule has 1 atom stereocenters. The second-order valence-electron chi connectivity index (χ2n) is 4.01. The lowest BCUT2D eigenvalue weighted by Gasteiger charge is -2.17. The average molecular weight is 232 g/mol. The highest BCUT2D eigenvalue weighted by Gasteiger charge is 2.05. The first-order valence-electron chi connectivity index (χ1n) is 6.16. The maximum Gasteiger partial charge on any atom is 0.174 e. The van der Waals surface area contributed by atoms with Crippen LogP contribution in [0.1, 0.15) is 33.1 Å². The molecule has 3 nitrogen and oxygen atoms in total. The summed E-state index contributed by atoms with van der Waals surface area (Å²) >= 11 is 0. The van der Waals surface area contributed by atoms with E-state index in [9.17, 15) is 0 Å². The molecule has 0 aliphatic carbocycles. The molecular weight excluding hydrogens is 212 g/mol. The SMILES string of the molecule is CCCC(CC)Nc1cccc(OCC#N)c1. The van der Waals surface area contributed by atoms with Crippen molar-refractivity contribution < 1.29 is 4.74 Å². The molecule has 0 bridgehead atoms. The number of hydrogen-bond acceptors (Lipinski definition) is 3.